The zero-order chi connectivity index (χ0) is 15.1. The van der Waals surface area contributed by atoms with E-state index in [1.165, 1.54) is 28.8 Å². The maximum atomic E-state index is 12.9. The van der Waals surface area contributed by atoms with Crippen LogP contribution in [0.3, 0.4) is 0 Å². The minimum atomic E-state index is 0. The van der Waals surface area contributed by atoms with Crippen LogP contribution in [0.25, 0.3) is 10.2 Å². The van der Waals surface area contributed by atoms with Crippen LogP contribution in [0.1, 0.15) is 34.4 Å². The molecule has 0 fully saturated rings. The summed E-state index contributed by atoms with van der Waals surface area (Å²) in [6, 6.07) is 8.30. The number of aryl methyl sites for hydroxylation is 3. The van der Waals surface area contributed by atoms with Crippen molar-refractivity contribution in [3.63, 3.8) is 0 Å². The van der Waals surface area contributed by atoms with E-state index in [0.717, 1.165) is 28.6 Å². The summed E-state index contributed by atoms with van der Waals surface area (Å²) in [7, 11) is 0. The normalized spacial score (nSPS) is 13.6. The Kier molecular flexibility index (Phi) is 4.55. The first-order chi connectivity index (χ1) is 10.7. The fourth-order valence-corrected chi connectivity index (χ4v) is 4.52. The highest BCUT2D eigenvalue weighted by atomic mass is 35.5. The zero-order valence-corrected chi connectivity index (χ0v) is 14.7. The highest BCUT2D eigenvalue weighted by molar-refractivity contribution is 7.18. The van der Waals surface area contributed by atoms with Gasteiger partial charge in [0.15, 0.2) is 0 Å². The summed E-state index contributed by atoms with van der Waals surface area (Å²) in [6.07, 6.45) is 6.26. The first kappa shape index (κ1) is 16.2. The number of hydrogen-bond donors (Lipinski definition) is 0. The molecule has 0 amide bonds. The van der Waals surface area contributed by atoms with Gasteiger partial charge in [-0.1, -0.05) is 29.8 Å². The molecule has 0 radical (unpaired) electrons. The predicted octanol–water partition coefficient (Wildman–Crippen LogP) is 4.12. The molecule has 0 atom stereocenters. The van der Waals surface area contributed by atoms with Gasteiger partial charge in [0.2, 0.25) is 0 Å². The van der Waals surface area contributed by atoms with E-state index in [-0.39, 0.29) is 18.0 Å². The summed E-state index contributed by atoms with van der Waals surface area (Å²) in [5.74, 6) is 0. The Morgan fingerprint density at radius 2 is 2.09 bits per heavy atom. The third-order valence-corrected chi connectivity index (χ3v) is 5.58. The van der Waals surface area contributed by atoms with Gasteiger partial charge in [-0.05, 0) is 43.7 Å². The average molecular weight is 347 g/mol. The second kappa shape index (κ2) is 6.46. The van der Waals surface area contributed by atoms with Crippen molar-refractivity contribution in [2.75, 3.05) is 0 Å². The van der Waals surface area contributed by atoms with Crippen LogP contribution in [-0.2, 0) is 19.4 Å². The lowest BCUT2D eigenvalue weighted by molar-refractivity contribution is 0.697. The van der Waals surface area contributed by atoms with Gasteiger partial charge in [0.05, 0.1) is 18.3 Å². The minimum Gasteiger partial charge on any atom is -0.294 e. The number of aromatic nitrogens is 2. The van der Waals surface area contributed by atoms with E-state index in [2.05, 4.69) is 30.1 Å². The molecule has 3 aromatic rings. The molecular formula is C18H19ClN2OS. The number of nitrogens with zero attached hydrogens (tertiary/aromatic N) is 2. The van der Waals surface area contributed by atoms with E-state index in [1.807, 2.05) is 6.07 Å². The number of benzene rings is 1. The summed E-state index contributed by atoms with van der Waals surface area (Å²) < 4.78 is 1.75. The van der Waals surface area contributed by atoms with Gasteiger partial charge >= 0.3 is 0 Å². The van der Waals surface area contributed by atoms with Crippen molar-refractivity contribution in [2.45, 2.75) is 39.2 Å². The lowest BCUT2D eigenvalue weighted by Crippen LogP contribution is -2.21. The molecule has 3 nitrogen and oxygen atoms in total. The lowest BCUT2D eigenvalue weighted by Gasteiger charge is -2.10. The molecule has 0 unspecified atom stereocenters. The Morgan fingerprint density at radius 3 is 2.91 bits per heavy atom. The fraction of sp³-hybridized carbons (Fsp3) is 0.333. The molecule has 0 saturated heterocycles. The number of hydrogen-bond acceptors (Lipinski definition) is 3. The van der Waals surface area contributed by atoms with Crippen LogP contribution in [-0.4, -0.2) is 9.55 Å². The molecule has 2 aromatic heterocycles. The van der Waals surface area contributed by atoms with Crippen LogP contribution in [0.15, 0.2) is 35.4 Å². The van der Waals surface area contributed by atoms with Gasteiger partial charge in [-0.25, -0.2) is 4.98 Å². The molecule has 0 N–H and O–H groups in total. The van der Waals surface area contributed by atoms with Gasteiger partial charge in [-0.3, -0.25) is 9.36 Å². The van der Waals surface area contributed by atoms with Crippen molar-refractivity contribution in [1.29, 1.82) is 0 Å². The van der Waals surface area contributed by atoms with E-state index in [4.69, 9.17) is 0 Å². The molecule has 2 heterocycles. The van der Waals surface area contributed by atoms with E-state index >= 15 is 0 Å². The van der Waals surface area contributed by atoms with Crippen molar-refractivity contribution in [2.24, 2.45) is 0 Å². The summed E-state index contributed by atoms with van der Waals surface area (Å²) in [6.45, 7) is 2.66. The molecule has 0 aliphatic heterocycles. The molecule has 0 spiro atoms. The van der Waals surface area contributed by atoms with E-state index in [9.17, 15) is 4.79 Å². The molecular weight excluding hydrogens is 328 g/mol. The molecule has 0 bridgehead atoms. The van der Waals surface area contributed by atoms with Gasteiger partial charge in [0, 0.05) is 4.88 Å². The van der Waals surface area contributed by atoms with Crippen LogP contribution in [0.5, 0.6) is 0 Å². The van der Waals surface area contributed by atoms with Crippen molar-refractivity contribution >= 4 is 34.0 Å². The standard InChI is InChI=1S/C18H18N2OS.ClH/c1-12-5-4-6-13(9-12)10-20-11-19-17-16(18(20)21)14-7-2-3-8-15(14)22-17;/h4-6,9,11H,2-3,7-8,10H2,1H3;1H. The Morgan fingerprint density at radius 1 is 1.26 bits per heavy atom. The van der Waals surface area contributed by atoms with Crippen LogP contribution < -0.4 is 5.56 Å². The van der Waals surface area contributed by atoms with Crippen LogP contribution in [0.2, 0.25) is 0 Å². The SMILES string of the molecule is Cc1cccc(Cn2cnc3sc4c(c3c2=O)CCCC4)c1.Cl. The summed E-state index contributed by atoms with van der Waals surface area (Å²) in [5, 5.41) is 0.870. The largest absolute Gasteiger partial charge is 0.294 e. The Labute approximate surface area is 145 Å². The molecule has 1 aromatic carbocycles. The van der Waals surface area contributed by atoms with Crippen molar-refractivity contribution in [3.05, 3.63) is 62.5 Å². The Balaban J connectivity index is 0.00000156. The number of thiophene rings is 1. The molecule has 120 valence electrons. The summed E-state index contributed by atoms with van der Waals surface area (Å²) in [4.78, 5) is 19.7. The van der Waals surface area contributed by atoms with Gasteiger partial charge in [-0.2, -0.15) is 0 Å². The van der Waals surface area contributed by atoms with E-state index < -0.39 is 0 Å². The van der Waals surface area contributed by atoms with Crippen LogP contribution in [0, 0.1) is 6.92 Å². The van der Waals surface area contributed by atoms with Gasteiger partial charge in [0.25, 0.3) is 5.56 Å². The van der Waals surface area contributed by atoms with Crippen LogP contribution in [0.4, 0.5) is 0 Å². The maximum absolute atomic E-state index is 12.9. The minimum absolute atomic E-state index is 0. The maximum Gasteiger partial charge on any atom is 0.262 e. The van der Waals surface area contributed by atoms with Crippen molar-refractivity contribution < 1.29 is 0 Å². The average Bonchev–Trinajstić information content (AvgIpc) is 2.89. The monoisotopic (exact) mass is 346 g/mol. The first-order valence-electron chi connectivity index (χ1n) is 7.77. The smallest absolute Gasteiger partial charge is 0.262 e. The molecule has 1 aliphatic carbocycles. The van der Waals surface area contributed by atoms with E-state index in [1.54, 1.807) is 22.2 Å². The molecule has 23 heavy (non-hydrogen) atoms. The van der Waals surface area contributed by atoms with Crippen molar-refractivity contribution in [3.8, 4) is 0 Å². The van der Waals surface area contributed by atoms with E-state index in [0.29, 0.717) is 6.54 Å². The topological polar surface area (TPSA) is 34.9 Å². The highest BCUT2D eigenvalue weighted by Gasteiger charge is 2.19. The Bertz CT molecular complexity index is 913. The molecule has 1 aliphatic rings. The first-order valence-corrected chi connectivity index (χ1v) is 8.59. The zero-order valence-electron chi connectivity index (χ0n) is 13.0. The van der Waals surface area contributed by atoms with Gasteiger partial charge in [-0.15, -0.1) is 23.7 Å². The lowest BCUT2D eigenvalue weighted by atomic mass is 9.97. The van der Waals surface area contributed by atoms with Crippen LogP contribution >= 0.6 is 23.7 Å². The third kappa shape index (κ3) is 2.93. The van der Waals surface area contributed by atoms with Gasteiger partial charge < -0.3 is 0 Å². The predicted molar refractivity (Wildman–Crippen MR) is 98.1 cm³/mol. The number of halogens is 1. The summed E-state index contributed by atoms with van der Waals surface area (Å²) in [5.41, 5.74) is 3.74. The molecule has 4 rings (SSSR count). The second-order valence-electron chi connectivity index (χ2n) is 6.06. The quantitative estimate of drug-likeness (QED) is 0.699. The molecule has 5 heteroatoms. The van der Waals surface area contributed by atoms with Gasteiger partial charge in [0.1, 0.15) is 4.83 Å². The number of fused-ring (bicyclic) bond motifs is 3. The Hall–Kier alpha value is -1.65. The number of rotatable bonds is 2. The third-order valence-electron chi connectivity index (χ3n) is 4.38. The van der Waals surface area contributed by atoms with Crippen molar-refractivity contribution in [1.82, 2.24) is 9.55 Å². The fourth-order valence-electron chi connectivity index (χ4n) is 3.30. The second-order valence-corrected chi connectivity index (χ2v) is 7.14. The molecule has 0 saturated carbocycles. The summed E-state index contributed by atoms with van der Waals surface area (Å²) >= 11 is 1.71. The highest BCUT2D eigenvalue weighted by Crippen LogP contribution is 2.33.